The number of Topliss-reactive ketones (excluding diaryl/α,β-unsaturated/α-hetero) is 1. The van der Waals surface area contributed by atoms with E-state index in [4.69, 9.17) is 23.2 Å². The Morgan fingerprint density at radius 2 is 1.60 bits per heavy atom. The molecule has 0 saturated heterocycles. The van der Waals surface area contributed by atoms with E-state index in [0.717, 1.165) is 5.56 Å². The number of halogens is 4. The van der Waals surface area contributed by atoms with Gasteiger partial charge in [-0.15, -0.1) is 0 Å². The molecular weight excluding hydrogens is 427 g/mol. The van der Waals surface area contributed by atoms with E-state index in [2.05, 4.69) is 31.9 Å². The van der Waals surface area contributed by atoms with Gasteiger partial charge in [0, 0.05) is 5.56 Å². The van der Waals surface area contributed by atoms with E-state index in [-0.39, 0.29) is 15.4 Å². The van der Waals surface area contributed by atoms with Crippen molar-refractivity contribution in [3.63, 3.8) is 0 Å². The number of benzene rings is 2. The Balaban J connectivity index is 2.22. The molecule has 0 bridgehead atoms. The fourth-order valence-corrected chi connectivity index (χ4v) is 3.16. The average molecular weight is 437 g/mol. The Bertz CT molecular complexity index is 617. The lowest BCUT2D eigenvalue weighted by molar-refractivity contribution is 0.0991. The zero-order chi connectivity index (χ0) is 14.7. The van der Waals surface area contributed by atoms with Gasteiger partial charge in [-0.2, -0.15) is 0 Å². The van der Waals surface area contributed by atoms with Gasteiger partial charge in [-0.05, 0) is 23.8 Å². The molecule has 0 radical (unpaired) electrons. The first-order valence-corrected chi connectivity index (χ1v) is 8.42. The summed E-state index contributed by atoms with van der Waals surface area (Å²) in [7, 11) is 0. The van der Waals surface area contributed by atoms with Crippen LogP contribution in [0.1, 0.15) is 20.7 Å². The first kappa shape index (κ1) is 16.0. The van der Waals surface area contributed by atoms with Crippen molar-refractivity contribution in [1.29, 1.82) is 0 Å². The van der Waals surface area contributed by atoms with Crippen LogP contribution in [0.4, 0.5) is 0 Å². The van der Waals surface area contributed by atoms with Crippen LogP contribution in [0.2, 0.25) is 10.0 Å². The molecule has 5 heteroatoms. The summed E-state index contributed by atoms with van der Waals surface area (Å²) in [5.41, 5.74) is 1.56. The molecule has 0 aliphatic carbocycles. The molecule has 104 valence electrons. The summed E-state index contributed by atoms with van der Waals surface area (Å²) < 4.78 is 0. The van der Waals surface area contributed by atoms with Gasteiger partial charge in [0.15, 0.2) is 5.78 Å². The van der Waals surface area contributed by atoms with Crippen LogP contribution in [0.5, 0.6) is 0 Å². The van der Waals surface area contributed by atoms with E-state index in [1.165, 1.54) is 0 Å². The van der Waals surface area contributed by atoms with Gasteiger partial charge in [0.05, 0.1) is 19.7 Å². The summed E-state index contributed by atoms with van der Waals surface area (Å²) in [6.07, 6.45) is 0. The maximum atomic E-state index is 12.4. The first-order valence-electron chi connectivity index (χ1n) is 5.83. The number of ketones is 1. The van der Waals surface area contributed by atoms with Gasteiger partial charge in [-0.25, -0.2) is 0 Å². The smallest absolute Gasteiger partial charge is 0.177 e. The molecular formula is C15H10Br2Cl2O. The minimum Gasteiger partial charge on any atom is -0.293 e. The number of hydrogen-bond donors (Lipinski definition) is 0. The minimum absolute atomic E-state index is 0.0469. The largest absolute Gasteiger partial charge is 0.293 e. The number of rotatable bonds is 4. The van der Waals surface area contributed by atoms with Crippen LogP contribution >= 0.6 is 55.1 Å². The van der Waals surface area contributed by atoms with Gasteiger partial charge in [0.2, 0.25) is 0 Å². The highest BCUT2D eigenvalue weighted by Gasteiger charge is 2.26. The average Bonchev–Trinajstić information content (AvgIpc) is 2.48. The SMILES string of the molecule is O=C(c1ccc(Cl)c(Cl)c1)[C@@H](Br)[C@@H](Br)c1ccccc1. The second kappa shape index (κ2) is 7.08. The summed E-state index contributed by atoms with van der Waals surface area (Å²) in [5, 5.41) is 0.816. The molecule has 0 saturated carbocycles. The van der Waals surface area contributed by atoms with Gasteiger partial charge >= 0.3 is 0 Å². The Hall–Kier alpha value is -0.350. The zero-order valence-electron chi connectivity index (χ0n) is 10.2. The third kappa shape index (κ3) is 3.64. The third-order valence-electron chi connectivity index (χ3n) is 2.83. The monoisotopic (exact) mass is 434 g/mol. The zero-order valence-corrected chi connectivity index (χ0v) is 14.9. The molecule has 0 heterocycles. The maximum absolute atomic E-state index is 12.4. The molecule has 1 nitrogen and oxygen atoms in total. The fraction of sp³-hybridized carbons (Fsp3) is 0.133. The van der Waals surface area contributed by atoms with E-state index in [9.17, 15) is 4.79 Å². The Morgan fingerprint density at radius 3 is 2.20 bits per heavy atom. The Morgan fingerprint density at radius 1 is 0.950 bits per heavy atom. The molecule has 0 aliphatic heterocycles. The molecule has 0 aromatic heterocycles. The molecule has 0 amide bonds. The molecule has 0 fully saturated rings. The number of carbonyl (C=O) groups is 1. The van der Waals surface area contributed by atoms with Crippen LogP contribution in [-0.2, 0) is 0 Å². The summed E-state index contributed by atoms with van der Waals surface area (Å²) in [6, 6.07) is 14.6. The summed E-state index contributed by atoms with van der Waals surface area (Å²) >= 11 is 18.8. The van der Waals surface area contributed by atoms with E-state index in [1.807, 2.05) is 30.3 Å². The lowest BCUT2D eigenvalue weighted by Gasteiger charge is -2.16. The van der Waals surface area contributed by atoms with Crippen molar-refractivity contribution in [3.8, 4) is 0 Å². The van der Waals surface area contributed by atoms with Crippen LogP contribution < -0.4 is 0 Å². The van der Waals surface area contributed by atoms with Crippen LogP contribution in [0, 0.1) is 0 Å². The second-order valence-corrected chi connectivity index (χ2v) is 6.99. The van der Waals surface area contributed by atoms with Crippen molar-refractivity contribution in [2.45, 2.75) is 9.65 Å². The van der Waals surface area contributed by atoms with Crippen LogP contribution in [-0.4, -0.2) is 10.6 Å². The highest BCUT2D eigenvalue weighted by molar-refractivity contribution is 9.12. The van der Waals surface area contributed by atoms with Crippen LogP contribution in [0.25, 0.3) is 0 Å². The second-order valence-electron chi connectivity index (χ2n) is 4.21. The van der Waals surface area contributed by atoms with Crippen LogP contribution in [0.3, 0.4) is 0 Å². The highest BCUT2D eigenvalue weighted by atomic mass is 79.9. The van der Waals surface area contributed by atoms with E-state index in [1.54, 1.807) is 18.2 Å². The van der Waals surface area contributed by atoms with Crippen molar-refractivity contribution < 1.29 is 4.79 Å². The highest BCUT2D eigenvalue weighted by Crippen LogP contribution is 2.34. The van der Waals surface area contributed by atoms with Gasteiger partial charge in [0.1, 0.15) is 0 Å². The van der Waals surface area contributed by atoms with Gasteiger partial charge < -0.3 is 0 Å². The first-order chi connectivity index (χ1) is 9.50. The molecule has 0 N–H and O–H groups in total. The van der Waals surface area contributed by atoms with Gasteiger partial charge in [-0.3, -0.25) is 4.79 Å². The molecule has 0 spiro atoms. The van der Waals surface area contributed by atoms with E-state index in [0.29, 0.717) is 15.6 Å². The van der Waals surface area contributed by atoms with Crippen molar-refractivity contribution in [1.82, 2.24) is 0 Å². The van der Waals surface area contributed by atoms with Crippen molar-refractivity contribution in [2.24, 2.45) is 0 Å². The molecule has 0 unspecified atom stereocenters. The molecule has 2 aromatic rings. The van der Waals surface area contributed by atoms with Crippen molar-refractivity contribution in [3.05, 3.63) is 69.7 Å². The topological polar surface area (TPSA) is 17.1 Å². The lowest BCUT2D eigenvalue weighted by atomic mass is 10.0. The Labute approximate surface area is 144 Å². The predicted octanol–water partition coefficient (Wildman–Crippen LogP) is 6.08. The molecule has 0 aliphatic rings. The maximum Gasteiger partial charge on any atom is 0.177 e. The molecule has 2 aromatic carbocycles. The number of hydrogen-bond acceptors (Lipinski definition) is 1. The number of alkyl halides is 2. The van der Waals surface area contributed by atoms with Gasteiger partial charge in [0.25, 0.3) is 0 Å². The summed E-state index contributed by atoms with van der Waals surface area (Å²) in [5.74, 6) is -0.0469. The quantitative estimate of drug-likeness (QED) is 0.419. The summed E-state index contributed by atoms with van der Waals surface area (Å²) in [4.78, 5) is 11.9. The fourth-order valence-electron chi connectivity index (χ4n) is 1.75. The van der Waals surface area contributed by atoms with E-state index >= 15 is 0 Å². The van der Waals surface area contributed by atoms with Gasteiger partial charge in [-0.1, -0.05) is 85.4 Å². The van der Waals surface area contributed by atoms with Crippen molar-refractivity contribution in [2.75, 3.05) is 0 Å². The lowest BCUT2D eigenvalue weighted by Crippen LogP contribution is -2.19. The summed E-state index contributed by atoms with van der Waals surface area (Å²) in [6.45, 7) is 0. The third-order valence-corrected chi connectivity index (χ3v) is 6.28. The number of carbonyl (C=O) groups excluding carboxylic acids is 1. The minimum atomic E-state index is -0.387. The van der Waals surface area contributed by atoms with Crippen molar-refractivity contribution >= 4 is 60.8 Å². The van der Waals surface area contributed by atoms with E-state index < -0.39 is 0 Å². The predicted molar refractivity (Wildman–Crippen MR) is 91.6 cm³/mol. The molecule has 2 atom stereocenters. The standard InChI is InChI=1S/C15H10Br2Cl2O/c16-13(9-4-2-1-3-5-9)14(17)15(20)10-6-7-11(18)12(19)8-10/h1-8,13-14H/t13-,14-/m0/s1. The Kier molecular flexibility index (Phi) is 5.67. The molecule has 2 rings (SSSR count). The molecule has 20 heavy (non-hydrogen) atoms. The normalized spacial score (nSPS) is 13.8. The van der Waals surface area contributed by atoms with Crippen LogP contribution in [0.15, 0.2) is 48.5 Å².